The van der Waals surface area contributed by atoms with Gasteiger partial charge in [0.25, 0.3) is 0 Å². The zero-order valence-electron chi connectivity index (χ0n) is 17.4. The summed E-state index contributed by atoms with van der Waals surface area (Å²) in [7, 11) is 8.25. The van der Waals surface area contributed by atoms with Gasteiger partial charge < -0.3 is 19.9 Å². The van der Waals surface area contributed by atoms with Gasteiger partial charge in [-0.1, -0.05) is 6.07 Å². The van der Waals surface area contributed by atoms with Crippen LogP contribution in [0.4, 0.5) is 0 Å². The zero-order valence-corrected chi connectivity index (χ0v) is 17.4. The molecule has 0 amide bonds. The molecule has 1 unspecified atom stereocenters. The van der Waals surface area contributed by atoms with E-state index in [1.54, 1.807) is 22.2 Å². The minimum absolute atomic E-state index is 0.0141. The van der Waals surface area contributed by atoms with Gasteiger partial charge in [0.15, 0.2) is 17.3 Å². The van der Waals surface area contributed by atoms with E-state index in [1.807, 2.05) is 14.1 Å². The lowest BCUT2D eigenvalue weighted by atomic mass is 9.75. The number of methoxy groups -OCH3 is 3. The summed E-state index contributed by atoms with van der Waals surface area (Å²) in [5, 5.41) is 13.5. The highest BCUT2D eigenvalue weighted by molar-refractivity contribution is 6.00. The quantitative estimate of drug-likeness (QED) is 0.806. The number of carbonyl (C=O) groups is 1. The van der Waals surface area contributed by atoms with E-state index in [9.17, 15) is 10.1 Å². The molecule has 1 heterocycles. The van der Waals surface area contributed by atoms with Crippen LogP contribution in [0.1, 0.15) is 30.7 Å². The molecule has 0 saturated heterocycles. The fraction of sp³-hybridized carbons (Fsp3) is 0.429. The summed E-state index contributed by atoms with van der Waals surface area (Å²) in [5.74, 6) is 1.02. The van der Waals surface area contributed by atoms with Crippen LogP contribution in [0.2, 0.25) is 0 Å². The third kappa shape index (κ3) is 3.17. The molecule has 8 heteroatoms. The second kappa shape index (κ2) is 8.05. The Morgan fingerprint density at radius 3 is 2.38 bits per heavy atom. The largest absolute Gasteiger partial charge is 0.493 e. The molecule has 2 aliphatic rings. The first-order valence-corrected chi connectivity index (χ1v) is 9.33. The molecule has 1 aromatic rings. The van der Waals surface area contributed by atoms with Crippen molar-refractivity contribution in [3.8, 4) is 23.3 Å². The van der Waals surface area contributed by atoms with E-state index in [2.05, 4.69) is 6.07 Å². The van der Waals surface area contributed by atoms with Crippen molar-refractivity contribution in [2.24, 2.45) is 5.73 Å². The summed E-state index contributed by atoms with van der Waals surface area (Å²) in [5.41, 5.74) is 8.79. The lowest BCUT2D eigenvalue weighted by molar-refractivity contribution is -0.116. The second-order valence-corrected chi connectivity index (χ2v) is 7.06. The lowest BCUT2D eigenvalue weighted by Crippen LogP contribution is -2.45. The van der Waals surface area contributed by atoms with Crippen molar-refractivity contribution in [3.05, 3.63) is 40.4 Å². The number of carbonyl (C=O) groups excluding carboxylic acids is 1. The molecule has 29 heavy (non-hydrogen) atoms. The summed E-state index contributed by atoms with van der Waals surface area (Å²) < 4.78 is 16.5. The topological polar surface area (TPSA) is 101 Å². The first-order valence-electron chi connectivity index (χ1n) is 9.33. The molecule has 8 nitrogen and oxygen atoms in total. The molecule has 0 spiro atoms. The van der Waals surface area contributed by atoms with Crippen molar-refractivity contribution >= 4 is 5.78 Å². The Balaban J connectivity index is 2.34. The van der Waals surface area contributed by atoms with E-state index in [0.717, 1.165) is 12.1 Å². The summed E-state index contributed by atoms with van der Waals surface area (Å²) >= 11 is 0. The SMILES string of the molecule is COc1ccc(C2C(C#N)=C(N)N(N(C)C)C3=C2C(=O)CCC3)c(OC)c1OC. The molecule has 0 radical (unpaired) electrons. The lowest BCUT2D eigenvalue weighted by Gasteiger charge is -2.42. The van der Waals surface area contributed by atoms with Crippen LogP contribution in [0.5, 0.6) is 17.2 Å². The maximum atomic E-state index is 13.1. The van der Waals surface area contributed by atoms with Gasteiger partial charge in [0.1, 0.15) is 5.82 Å². The molecule has 1 aliphatic carbocycles. The maximum absolute atomic E-state index is 13.1. The number of Topliss-reactive ketones (excluding diaryl/α,β-unsaturated/α-hetero) is 1. The van der Waals surface area contributed by atoms with E-state index in [4.69, 9.17) is 19.9 Å². The average molecular weight is 398 g/mol. The number of nitrogens with zero attached hydrogens (tertiary/aromatic N) is 3. The van der Waals surface area contributed by atoms with Crippen LogP contribution in [0.3, 0.4) is 0 Å². The minimum atomic E-state index is -0.631. The fourth-order valence-electron chi connectivity index (χ4n) is 4.19. The molecular weight excluding hydrogens is 372 g/mol. The van der Waals surface area contributed by atoms with Gasteiger partial charge in [-0.15, -0.1) is 0 Å². The highest BCUT2D eigenvalue weighted by Crippen LogP contribution is 2.50. The van der Waals surface area contributed by atoms with Crippen LogP contribution in [-0.4, -0.2) is 51.2 Å². The molecule has 3 rings (SSSR count). The molecule has 0 aromatic heterocycles. The second-order valence-electron chi connectivity index (χ2n) is 7.06. The van der Waals surface area contributed by atoms with Crippen molar-refractivity contribution in [3.63, 3.8) is 0 Å². The number of rotatable bonds is 5. The molecule has 0 saturated carbocycles. The van der Waals surface area contributed by atoms with Crippen LogP contribution in [0.15, 0.2) is 34.8 Å². The van der Waals surface area contributed by atoms with Crippen molar-refractivity contribution in [2.45, 2.75) is 25.2 Å². The molecule has 0 bridgehead atoms. The van der Waals surface area contributed by atoms with Gasteiger partial charge in [0.05, 0.1) is 38.9 Å². The Kier molecular flexibility index (Phi) is 5.71. The van der Waals surface area contributed by atoms with Gasteiger partial charge in [-0.2, -0.15) is 5.26 Å². The van der Waals surface area contributed by atoms with Gasteiger partial charge in [-0.25, -0.2) is 5.01 Å². The van der Waals surface area contributed by atoms with Crippen LogP contribution >= 0.6 is 0 Å². The van der Waals surface area contributed by atoms with Crippen LogP contribution < -0.4 is 19.9 Å². The Morgan fingerprint density at radius 1 is 1.14 bits per heavy atom. The number of ether oxygens (including phenoxy) is 3. The highest BCUT2D eigenvalue weighted by Gasteiger charge is 2.42. The molecule has 0 fully saturated rings. The van der Waals surface area contributed by atoms with Gasteiger partial charge in [-0.05, 0) is 18.9 Å². The van der Waals surface area contributed by atoms with Crippen molar-refractivity contribution in [2.75, 3.05) is 35.4 Å². The summed E-state index contributed by atoms with van der Waals surface area (Å²) in [6.45, 7) is 0. The number of ketones is 1. The Labute approximate surface area is 170 Å². The van der Waals surface area contributed by atoms with E-state index < -0.39 is 5.92 Å². The normalized spacial score (nSPS) is 19.3. The Morgan fingerprint density at radius 2 is 1.83 bits per heavy atom. The predicted octanol–water partition coefficient (Wildman–Crippen LogP) is 2.29. The molecule has 154 valence electrons. The number of benzene rings is 1. The number of nitriles is 1. The third-order valence-electron chi connectivity index (χ3n) is 5.33. The first-order chi connectivity index (χ1) is 13.9. The summed E-state index contributed by atoms with van der Waals surface area (Å²) in [6.07, 6.45) is 1.88. The minimum Gasteiger partial charge on any atom is -0.493 e. The zero-order chi connectivity index (χ0) is 21.3. The van der Waals surface area contributed by atoms with Crippen molar-refractivity contribution in [1.82, 2.24) is 10.0 Å². The van der Waals surface area contributed by atoms with E-state index in [-0.39, 0.29) is 5.78 Å². The van der Waals surface area contributed by atoms with Crippen molar-refractivity contribution in [1.29, 1.82) is 5.26 Å². The maximum Gasteiger partial charge on any atom is 0.203 e. The fourth-order valence-corrected chi connectivity index (χ4v) is 4.19. The van der Waals surface area contributed by atoms with Crippen molar-refractivity contribution < 1.29 is 19.0 Å². The number of allylic oxidation sites excluding steroid dienone is 3. The van der Waals surface area contributed by atoms with E-state index in [0.29, 0.717) is 52.6 Å². The third-order valence-corrected chi connectivity index (χ3v) is 5.33. The average Bonchev–Trinajstić information content (AvgIpc) is 2.71. The smallest absolute Gasteiger partial charge is 0.203 e. The van der Waals surface area contributed by atoms with Crippen LogP contribution in [0.25, 0.3) is 0 Å². The summed E-state index contributed by atoms with van der Waals surface area (Å²) in [4.78, 5) is 13.1. The van der Waals surface area contributed by atoms with Gasteiger partial charge in [0, 0.05) is 37.3 Å². The molecule has 1 aliphatic heterocycles. The number of nitrogens with two attached hydrogens (primary N) is 1. The van der Waals surface area contributed by atoms with Crippen LogP contribution in [-0.2, 0) is 4.79 Å². The van der Waals surface area contributed by atoms with Gasteiger partial charge >= 0.3 is 0 Å². The molecule has 2 N–H and O–H groups in total. The standard InChI is InChI=1S/C21H26N4O4/c1-24(2)25-14-7-6-8-15(26)18(14)17(13(11-22)21(25)23)12-9-10-16(27-3)20(29-5)19(12)28-4/h9-10,17H,6-8,23H2,1-5H3. The monoisotopic (exact) mass is 398 g/mol. The van der Waals surface area contributed by atoms with Crippen LogP contribution in [0, 0.1) is 11.3 Å². The number of hydrogen-bond acceptors (Lipinski definition) is 8. The van der Waals surface area contributed by atoms with E-state index in [1.165, 1.54) is 21.3 Å². The molecule has 1 aromatic carbocycles. The highest BCUT2D eigenvalue weighted by atomic mass is 16.5. The van der Waals surface area contributed by atoms with Gasteiger partial charge in [-0.3, -0.25) is 9.80 Å². The number of hydrazine groups is 1. The van der Waals surface area contributed by atoms with Gasteiger partial charge in [0.2, 0.25) is 5.75 Å². The Hall–Kier alpha value is -3.18. The molecule has 1 atom stereocenters. The Bertz CT molecular complexity index is 943. The van der Waals surface area contributed by atoms with E-state index >= 15 is 0 Å². The first kappa shape index (κ1) is 20.6. The predicted molar refractivity (Wildman–Crippen MR) is 107 cm³/mol. The summed E-state index contributed by atoms with van der Waals surface area (Å²) in [6, 6.07) is 5.77. The molecular formula is C21H26N4O4. The number of hydrogen-bond donors (Lipinski definition) is 1.